The summed E-state index contributed by atoms with van der Waals surface area (Å²) in [5, 5.41) is 20.2. The van der Waals surface area contributed by atoms with Gasteiger partial charge in [-0.2, -0.15) is 5.26 Å². The Kier molecular flexibility index (Phi) is 4.31. The van der Waals surface area contributed by atoms with E-state index in [-0.39, 0.29) is 29.8 Å². The monoisotopic (exact) mass is 361 g/mol. The number of carbonyl (C=O) groups is 1. The van der Waals surface area contributed by atoms with Crippen molar-refractivity contribution in [2.45, 2.75) is 32.4 Å². The smallest absolute Gasteiger partial charge is 0.410 e. The van der Waals surface area contributed by atoms with E-state index < -0.39 is 16.6 Å². The van der Waals surface area contributed by atoms with E-state index in [2.05, 4.69) is 4.98 Å². The lowest BCUT2D eigenvalue weighted by Gasteiger charge is -2.44. The normalized spacial score (nSPS) is 18.9. The lowest BCUT2D eigenvalue weighted by molar-refractivity contribution is -0.385. The number of rotatable bonds is 1. The van der Waals surface area contributed by atoms with Crippen LogP contribution in [0.1, 0.15) is 26.5 Å². The Labute approximate surface area is 150 Å². The van der Waals surface area contributed by atoms with Crippen molar-refractivity contribution in [3.05, 3.63) is 21.9 Å². The number of amides is 1. The fraction of sp³-hybridized carbons (Fsp3) is 0.562. The molecule has 0 radical (unpaired) electrons. The van der Waals surface area contributed by atoms with E-state index in [1.807, 2.05) is 4.90 Å². The molecule has 0 N–H and O–H groups in total. The summed E-state index contributed by atoms with van der Waals surface area (Å²) in [6.45, 7) is 6.96. The predicted octanol–water partition coefficient (Wildman–Crippen LogP) is 1.68. The van der Waals surface area contributed by atoms with Crippen molar-refractivity contribution >= 4 is 17.6 Å². The molecule has 2 aliphatic rings. The summed E-state index contributed by atoms with van der Waals surface area (Å²) >= 11 is 0. The van der Waals surface area contributed by atoms with E-state index in [4.69, 9.17) is 14.7 Å². The molecule has 3 heterocycles. The number of pyridine rings is 1. The third-order valence-electron chi connectivity index (χ3n) is 4.09. The van der Waals surface area contributed by atoms with Gasteiger partial charge in [0.2, 0.25) is 5.69 Å². The summed E-state index contributed by atoms with van der Waals surface area (Å²) < 4.78 is 11.0. The summed E-state index contributed by atoms with van der Waals surface area (Å²) in [6, 6.07) is 2.83. The van der Waals surface area contributed by atoms with E-state index in [9.17, 15) is 14.9 Å². The first kappa shape index (κ1) is 17.7. The van der Waals surface area contributed by atoms with Crippen LogP contribution in [-0.4, -0.2) is 58.8 Å². The van der Waals surface area contributed by atoms with Gasteiger partial charge < -0.3 is 19.3 Å². The summed E-state index contributed by atoms with van der Waals surface area (Å²) in [4.78, 5) is 30.3. The van der Waals surface area contributed by atoms with Gasteiger partial charge in [0.05, 0.1) is 17.0 Å². The molecule has 0 spiro atoms. The Hall–Kier alpha value is -3.09. The number of anilines is 1. The number of hydrogen-bond donors (Lipinski definition) is 0. The fourth-order valence-electron chi connectivity index (χ4n) is 2.96. The molecule has 10 heteroatoms. The van der Waals surface area contributed by atoms with E-state index in [1.165, 1.54) is 6.07 Å². The van der Waals surface area contributed by atoms with Crippen LogP contribution in [0.5, 0.6) is 5.75 Å². The molecule has 0 aliphatic carbocycles. The van der Waals surface area contributed by atoms with E-state index in [0.29, 0.717) is 25.5 Å². The zero-order valence-corrected chi connectivity index (χ0v) is 14.8. The predicted molar refractivity (Wildman–Crippen MR) is 90.0 cm³/mol. The van der Waals surface area contributed by atoms with Gasteiger partial charge in [-0.1, -0.05) is 0 Å². The van der Waals surface area contributed by atoms with Gasteiger partial charge in [-0.25, -0.2) is 9.78 Å². The number of hydrogen-bond acceptors (Lipinski definition) is 8. The maximum absolute atomic E-state index is 12.3. The molecule has 0 bridgehead atoms. The van der Waals surface area contributed by atoms with Gasteiger partial charge in [-0.15, -0.1) is 0 Å². The van der Waals surface area contributed by atoms with Crippen LogP contribution in [0.3, 0.4) is 0 Å². The Balaban J connectivity index is 1.82. The third-order valence-corrected chi connectivity index (χ3v) is 4.09. The minimum absolute atomic E-state index is 0.163. The second kappa shape index (κ2) is 6.33. The molecule has 0 aromatic carbocycles. The van der Waals surface area contributed by atoms with Crippen LogP contribution >= 0.6 is 0 Å². The van der Waals surface area contributed by atoms with Crippen molar-refractivity contribution < 1.29 is 19.2 Å². The SMILES string of the molecule is CC(C)(C)OC(=O)N1CCN2c3nc(C#N)c([N+](=O)[O-])cc3OC[C@@H]2C1. The molecule has 0 unspecified atom stereocenters. The number of nitro groups is 1. The number of ether oxygens (including phenoxy) is 2. The minimum Gasteiger partial charge on any atom is -0.487 e. The van der Waals surface area contributed by atoms with E-state index in [1.54, 1.807) is 31.7 Å². The molecule has 1 aromatic rings. The number of carbonyl (C=O) groups excluding carboxylic acids is 1. The molecule has 26 heavy (non-hydrogen) atoms. The van der Waals surface area contributed by atoms with Crippen LogP contribution in [0.2, 0.25) is 0 Å². The highest BCUT2D eigenvalue weighted by Crippen LogP contribution is 2.37. The molecular formula is C16H19N5O5. The van der Waals surface area contributed by atoms with Gasteiger partial charge in [0.25, 0.3) is 0 Å². The van der Waals surface area contributed by atoms with Gasteiger partial charge in [0.15, 0.2) is 11.6 Å². The fourth-order valence-corrected chi connectivity index (χ4v) is 2.96. The lowest BCUT2D eigenvalue weighted by Crippen LogP contribution is -2.59. The van der Waals surface area contributed by atoms with Gasteiger partial charge in [-0.05, 0) is 20.8 Å². The number of fused-ring (bicyclic) bond motifs is 3. The van der Waals surface area contributed by atoms with Crippen molar-refractivity contribution in [1.29, 1.82) is 5.26 Å². The Morgan fingerprint density at radius 2 is 2.23 bits per heavy atom. The molecule has 1 amide bonds. The van der Waals surface area contributed by atoms with Crippen molar-refractivity contribution in [1.82, 2.24) is 9.88 Å². The molecule has 3 rings (SSSR count). The molecular weight excluding hydrogens is 342 g/mol. The molecule has 1 fully saturated rings. The maximum atomic E-state index is 12.3. The Bertz CT molecular complexity index is 797. The van der Waals surface area contributed by atoms with Crippen LogP contribution < -0.4 is 9.64 Å². The zero-order chi connectivity index (χ0) is 19.1. The molecule has 10 nitrogen and oxygen atoms in total. The summed E-state index contributed by atoms with van der Waals surface area (Å²) in [5.41, 5.74) is -1.21. The molecule has 138 valence electrons. The maximum Gasteiger partial charge on any atom is 0.410 e. The molecule has 1 aromatic heterocycles. The second-order valence-electron chi connectivity index (χ2n) is 7.13. The van der Waals surface area contributed by atoms with Crippen LogP contribution in [-0.2, 0) is 4.74 Å². The third kappa shape index (κ3) is 3.33. The minimum atomic E-state index is -0.651. The van der Waals surface area contributed by atoms with Crippen molar-refractivity contribution in [2.75, 3.05) is 31.1 Å². The second-order valence-corrected chi connectivity index (χ2v) is 7.13. The quantitative estimate of drug-likeness (QED) is 0.547. The first-order valence-electron chi connectivity index (χ1n) is 8.16. The average Bonchev–Trinajstić information content (AvgIpc) is 2.58. The van der Waals surface area contributed by atoms with Gasteiger partial charge in [0.1, 0.15) is 18.3 Å². The average molecular weight is 361 g/mol. The lowest BCUT2D eigenvalue weighted by atomic mass is 10.1. The van der Waals surface area contributed by atoms with Crippen molar-refractivity contribution in [2.24, 2.45) is 0 Å². The molecule has 1 saturated heterocycles. The Morgan fingerprint density at radius 3 is 2.85 bits per heavy atom. The number of piperazine rings is 1. The van der Waals surface area contributed by atoms with Gasteiger partial charge >= 0.3 is 11.8 Å². The van der Waals surface area contributed by atoms with Gasteiger partial charge in [-0.3, -0.25) is 10.1 Å². The van der Waals surface area contributed by atoms with Crippen LogP contribution in [0.4, 0.5) is 16.3 Å². The highest BCUT2D eigenvalue weighted by atomic mass is 16.6. The standard InChI is InChI=1S/C16H19N5O5/c1-16(2,3)26-15(22)19-4-5-20-10(8-19)9-25-13-6-12(21(23)24)11(7-17)18-14(13)20/h6,10H,4-5,8-9H2,1-3H3/t10-/m0/s1. The van der Waals surface area contributed by atoms with E-state index >= 15 is 0 Å². The van der Waals surface area contributed by atoms with Crippen molar-refractivity contribution in [3.8, 4) is 11.8 Å². The summed E-state index contributed by atoms with van der Waals surface area (Å²) in [5.74, 6) is 0.671. The molecule has 2 aliphatic heterocycles. The van der Waals surface area contributed by atoms with Crippen LogP contribution in [0, 0.1) is 21.4 Å². The van der Waals surface area contributed by atoms with E-state index in [0.717, 1.165) is 0 Å². The highest BCUT2D eigenvalue weighted by molar-refractivity contribution is 5.69. The highest BCUT2D eigenvalue weighted by Gasteiger charge is 2.38. The number of aromatic nitrogens is 1. The summed E-state index contributed by atoms with van der Waals surface area (Å²) in [7, 11) is 0. The number of nitriles is 1. The van der Waals surface area contributed by atoms with Crippen molar-refractivity contribution in [3.63, 3.8) is 0 Å². The molecule has 1 atom stereocenters. The number of nitrogens with zero attached hydrogens (tertiary/aromatic N) is 5. The van der Waals surface area contributed by atoms with Crippen LogP contribution in [0.15, 0.2) is 6.07 Å². The first-order chi connectivity index (χ1) is 12.2. The van der Waals surface area contributed by atoms with Crippen LogP contribution in [0.25, 0.3) is 0 Å². The largest absolute Gasteiger partial charge is 0.487 e. The molecule has 0 saturated carbocycles. The Morgan fingerprint density at radius 1 is 1.50 bits per heavy atom. The van der Waals surface area contributed by atoms with Gasteiger partial charge in [0, 0.05) is 19.6 Å². The first-order valence-corrected chi connectivity index (χ1v) is 8.16. The topological polar surface area (TPSA) is 122 Å². The zero-order valence-electron chi connectivity index (χ0n) is 14.8. The summed E-state index contributed by atoms with van der Waals surface area (Å²) in [6.07, 6.45) is -0.391.